The molecule has 0 bridgehead atoms. The molecule has 2 N–H and O–H groups in total. The normalized spacial score (nSPS) is 11.5. The highest BCUT2D eigenvalue weighted by Gasteiger charge is 2.36. The maximum Gasteiger partial charge on any atom is 0.421 e. The Kier molecular flexibility index (Phi) is 4.43. The summed E-state index contributed by atoms with van der Waals surface area (Å²) in [6, 6.07) is 2.88. The van der Waals surface area contributed by atoms with Gasteiger partial charge in [0.1, 0.15) is 11.4 Å². The standard InChI is InChI=1S/C12H6Br2F4N2O/c13-5-1-6(12(16,17)18)11(20-4-5)21-10-3-8(15)7(14)2-9(10)19/h1-4H,19H2. The third-order valence-corrected chi connectivity index (χ3v) is 3.42. The van der Waals surface area contributed by atoms with Crippen molar-refractivity contribution in [3.8, 4) is 11.6 Å². The van der Waals surface area contributed by atoms with Gasteiger partial charge in [-0.2, -0.15) is 13.2 Å². The minimum absolute atomic E-state index is 0.0267. The van der Waals surface area contributed by atoms with E-state index in [9.17, 15) is 17.6 Å². The summed E-state index contributed by atoms with van der Waals surface area (Å²) >= 11 is 5.81. The number of halogens is 6. The Morgan fingerprint density at radius 1 is 1.14 bits per heavy atom. The Morgan fingerprint density at radius 3 is 2.43 bits per heavy atom. The third-order valence-electron chi connectivity index (χ3n) is 2.38. The summed E-state index contributed by atoms with van der Waals surface area (Å²) < 4.78 is 57.4. The monoisotopic (exact) mass is 428 g/mol. The molecule has 112 valence electrons. The molecule has 0 unspecified atom stereocenters. The van der Waals surface area contributed by atoms with E-state index in [1.54, 1.807) is 0 Å². The van der Waals surface area contributed by atoms with Crippen LogP contribution in [-0.4, -0.2) is 4.98 Å². The largest absolute Gasteiger partial charge is 0.436 e. The van der Waals surface area contributed by atoms with E-state index in [-0.39, 0.29) is 20.4 Å². The van der Waals surface area contributed by atoms with Gasteiger partial charge in [0, 0.05) is 16.7 Å². The van der Waals surface area contributed by atoms with Crippen molar-refractivity contribution in [1.82, 2.24) is 4.98 Å². The van der Waals surface area contributed by atoms with Gasteiger partial charge in [0.25, 0.3) is 0 Å². The van der Waals surface area contributed by atoms with E-state index in [4.69, 9.17) is 10.5 Å². The molecule has 0 fully saturated rings. The van der Waals surface area contributed by atoms with Gasteiger partial charge in [0.2, 0.25) is 5.88 Å². The quantitative estimate of drug-likeness (QED) is 0.531. The van der Waals surface area contributed by atoms with Gasteiger partial charge in [-0.05, 0) is 44.0 Å². The number of hydrogen-bond donors (Lipinski definition) is 1. The van der Waals surface area contributed by atoms with Gasteiger partial charge >= 0.3 is 6.18 Å². The van der Waals surface area contributed by atoms with E-state index >= 15 is 0 Å². The maximum atomic E-state index is 13.4. The lowest BCUT2D eigenvalue weighted by molar-refractivity contribution is -0.138. The molecule has 0 aliphatic rings. The summed E-state index contributed by atoms with van der Waals surface area (Å²) in [6.45, 7) is 0. The Bertz CT molecular complexity index is 692. The molecule has 1 aromatic carbocycles. The second-order valence-electron chi connectivity index (χ2n) is 3.91. The number of alkyl halides is 3. The van der Waals surface area contributed by atoms with Crippen LogP contribution < -0.4 is 10.5 Å². The number of nitrogens with two attached hydrogens (primary N) is 1. The fourth-order valence-electron chi connectivity index (χ4n) is 1.45. The number of aromatic nitrogens is 1. The molecule has 0 saturated heterocycles. The summed E-state index contributed by atoms with van der Waals surface area (Å²) in [5.74, 6) is -1.68. The van der Waals surface area contributed by atoms with Crippen LogP contribution in [0.1, 0.15) is 5.56 Å². The molecule has 0 amide bonds. The molecule has 0 aliphatic carbocycles. The van der Waals surface area contributed by atoms with Crippen molar-refractivity contribution in [1.29, 1.82) is 0 Å². The Balaban J connectivity index is 2.47. The number of anilines is 1. The topological polar surface area (TPSA) is 48.1 Å². The first-order valence-corrected chi connectivity index (χ1v) is 6.92. The SMILES string of the molecule is Nc1cc(Br)c(F)cc1Oc1ncc(Br)cc1C(F)(F)F. The van der Waals surface area contributed by atoms with Crippen LogP contribution in [-0.2, 0) is 6.18 Å². The molecule has 0 atom stereocenters. The summed E-state index contributed by atoms with van der Waals surface area (Å²) in [7, 11) is 0. The van der Waals surface area contributed by atoms with Crippen LogP contribution >= 0.6 is 31.9 Å². The lowest BCUT2D eigenvalue weighted by Crippen LogP contribution is -2.09. The molecular formula is C12H6Br2F4N2O. The molecule has 0 aliphatic heterocycles. The van der Waals surface area contributed by atoms with E-state index in [2.05, 4.69) is 36.8 Å². The van der Waals surface area contributed by atoms with Crippen molar-refractivity contribution in [3.63, 3.8) is 0 Å². The maximum absolute atomic E-state index is 13.4. The minimum atomic E-state index is -4.67. The number of ether oxygens (including phenoxy) is 1. The zero-order chi connectivity index (χ0) is 15.8. The Hall–Kier alpha value is -1.35. The van der Waals surface area contributed by atoms with Gasteiger partial charge in [0.15, 0.2) is 5.75 Å². The number of pyridine rings is 1. The highest BCUT2D eigenvalue weighted by Crippen LogP contribution is 2.39. The predicted octanol–water partition coefficient (Wildman–Crippen LogP) is 5.14. The smallest absolute Gasteiger partial charge is 0.421 e. The second-order valence-corrected chi connectivity index (χ2v) is 5.68. The zero-order valence-corrected chi connectivity index (χ0v) is 13.2. The summed E-state index contributed by atoms with van der Waals surface area (Å²) in [6.07, 6.45) is -3.54. The number of nitrogens with zero attached hydrogens (tertiary/aromatic N) is 1. The zero-order valence-electron chi connectivity index (χ0n) is 10.0. The van der Waals surface area contributed by atoms with Crippen molar-refractivity contribution in [3.05, 3.63) is 44.7 Å². The fraction of sp³-hybridized carbons (Fsp3) is 0.0833. The van der Waals surface area contributed by atoms with Crippen LogP contribution in [0.5, 0.6) is 11.6 Å². The Labute approximate surface area is 133 Å². The molecule has 2 rings (SSSR count). The molecule has 1 aromatic heterocycles. The summed E-state index contributed by atoms with van der Waals surface area (Å²) in [5, 5.41) is 0. The summed E-state index contributed by atoms with van der Waals surface area (Å²) in [5.41, 5.74) is 4.46. The van der Waals surface area contributed by atoms with Crippen LogP contribution in [0, 0.1) is 5.82 Å². The first-order chi connectivity index (χ1) is 9.68. The second kappa shape index (κ2) is 5.80. The van der Waals surface area contributed by atoms with Gasteiger partial charge in [-0.3, -0.25) is 0 Å². The first-order valence-electron chi connectivity index (χ1n) is 5.33. The van der Waals surface area contributed by atoms with E-state index in [0.29, 0.717) is 0 Å². The predicted molar refractivity (Wildman–Crippen MR) is 75.5 cm³/mol. The third kappa shape index (κ3) is 3.65. The van der Waals surface area contributed by atoms with Crippen molar-refractivity contribution in [2.24, 2.45) is 0 Å². The van der Waals surface area contributed by atoms with E-state index in [0.717, 1.165) is 18.3 Å². The number of nitrogen functional groups attached to an aromatic ring is 1. The first kappa shape index (κ1) is 16.0. The fourth-order valence-corrected chi connectivity index (χ4v) is 2.14. The number of hydrogen-bond acceptors (Lipinski definition) is 3. The summed E-state index contributed by atoms with van der Waals surface area (Å²) in [4.78, 5) is 3.55. The van der Waals surface area contributed by atoms with E-state index < -0.39 is 23.4 Å². The van der Waals surface area contributed by atoms with Crippen molar-refractivity contribution in [2.45, 2.75) is 6.18 Å². The molecule has 9 heteroatoms. The average Bonchev–Trinajstić information content (AvgIpc) is 2.36. The van der Waals surface area contributed by atoms with Crippen LogP contribution in [0.3, 0.4) is 0 Å². The molecule has 0 spiro atoms. The van der Waals surface area contributed by atoms with Crippen LogP contribution in [0.4, 0.5) is 23.2 Å². The van der Waals surface area contributed by atoms with Crippen LogP contribution in [0.25, 0.3) is 0 Å². The number of benzene rings is 1. The van der Waals surface area contributed by atoms with E-state index in [1.807, 2.05) is 0 Å². The minimum Gasteiger partial charge on any atom is -0.436 e. The molecule has 1 heterocycles. The lowest BCUT2D eigenvalue weighted by atomic mass is 10.2. The van der Waals surface area contributed by atoms with E-state index in [1.165, 1.54) is 6.07 Å². The van der Waals surface area contributed by atoms with Gasteiger partial charge < -0.3 is 10.5 Å². The van der Waals surface area contributed by atoms with Gasteiger partial charge in [-0.25, -0.2) is 9.37 Å². The molecular weight excluding hydrogens is 424 g/mol. The highest BCUT2D eigenvalue weighted by atomic mass is 79.9. The van der Waals surface area contributed by atoms with Crippen molar-refractivity contribution >= 4 is 37.5 Å². The van der Waals surface area contributed by atoms with Crippen LogP contribution in [0.15, 0.2) is 33.3 Å². The lowest BCUT2D eigenvalue weighted by Gasteiger charge is -2.14. The Morgan fingerprint density at radius 2 is 1.81 bits per heavy atom. The molecule has 3 nitrogen and oxygen atoms in total. The van der Waals surface area contributed by atoms with Crippen LogP contribution in [0.2, 0.25) is 0 Å². The van der Waals surface area contributed by atoms with Gasteiger partial charge in [-0.15, -0.1) is 0 Å². The van der Waals surface area contributed by atoms with Gasteiger partial charge in [0.05, 0.1) is 10.2 Å². The van der Waals surface area contributed by atoms with Crippen molar-refractivity contribution < 1.29 is 22.3 Å². The highest BCUT2D eigenvalue weighted by molar-refractivity contribution is 9.10. The molecule has 0 radical (unpaired) electrons. The van der Waals surface area contributed by atoms with Gasteiger partial charge in [-0.1, -0.05) is 0 Å². The molecule has 0 saturated carbocycles. The average molecular weight is 430 g/mol. The molecule has 2 aromatic rings. The molecule has 21 heavy (non-hydrogen) atoms. The van der Waals surface area contributed by atoms with Crippen molar-refractivity contribution in [2.75, 3.05) is 5.73 Å². The number of rotatable bonds is 2.